The molecule has 0 aliphatic carbocycles. The van der Waals surface area contributed by atoms with Crippen molar-refractivity contribution >= 4 is 15.9 Å². The molecule has 0 unspecified atom stereocenters. The smallest absolute Gasteiger partial charge is 0.274 e. The first-order chi connectivity index (χ1) is 8.40. The van der Waals surface area contributed by atoms with Crippen LogP contribution in [0.2, 0.25) is 0 Å². The molecule has 1 rings (SSSR count). The molecule has 0 saturated heterocycles. The molecular weight excluding hydrogens is 300 g/mol. The second-order valence-corrected chi connectivity index (χ2v) is 4.82. The maximum absolute atomic E-state index is 10.6. The van der Waals surface area contributed by atoms with E-state index < -0.39 is 4.92 Å². The van der Waals surface area contributed by atoms with Crippen LogP contribution in [0, 0.1) is 10.1 Å². The molecule has 0 bridgehead atoms. The maximum Gasteiger partial charge on any atom is 0.274 e. The van der Waals surface area contributed by atoms with E-state index in [9.17, 15) is 10.1 Å². The number of aromatic nitrogens is 1. The van der Waals surface area contributed by atoms with Gasteiger partial charge in [0.2, 0.25) is 0 Å². The SMILES string of the molecule is CN(C)C(=C[N+](=O)[O-])N(C)Cc1ccc(Br)nc1. The number of pyridine rings is 1. The van der Waals surface area contributed by atoms with Crippen molar-refractivity contribution in [2.24, 2.45) is 0 Å². The van der Waals surface area contributed by atoms with Crippen LogP contribution < -0.4 is 0 Å². The molecule has 18 heavy (non-hydrogen) atoms. The van der Waals surface area contributed by atoms with Crippen LogP contribution >= 0.6 is 15.9 Å². The molecule has 0 aliphatic rings. The number of nitrogens with zero attached hydrogens (tertiary/aromatic N) is 4. The summed E-state index contributed by atoms with van der Waals surface area (Å²) < 4.78 is 0.766. The second kappa shape index (κ2) is 6.34. The van der Waals surface area contributed by atoms with Gasteiger partial charge in [0, 0.05) is 33.9 Å². The molecule has 0 aromatic carbocycles. The minimum absolute atomic E-state index is 0.453. The Morgan fingerprint density at radius 2 is 2.17 bits per heavy atom. The van der Waals surface area contributed by atoms with Crippen LogP contribution in [-0.2, 0) is 6.54 Å². The molecular formula is C11H15BrN4O2. The van der Waals surface area contributed by atoms with E-state index in [0.29, 0.717) is 12.4 Å². The highest BCUT2D eigenvalue weighted by Gasteiger charge is 2.12. The van der Waals surface area contributed by atoms with E-state index in [-0.39, 0.29) is 0 Å². The van der Waals surface area contributed by atoms with Crippen LogP contribution in [0.5, 0.6) is 0 Å². The highest BCUT2D eigenvalue weighted by molar-refractivity contribution is 9.10. The zero-order valence-corrected chi connectivity index (χ0v) is 12.1. The highest BCUT2D eigenvalue weighted by Crippen LogP contribution is 2.12. The summed E-state index contributed by atoms with van der Waals surface area (Å²) >= 11 is 3.26. The van der Waals surface area contributed by atoms with Crippen LogP contribution in [0.15, 0.2) is 35.0 Å². The minimum atomic E-state index is -0.453. The Morgan fingerprint density at radius 3 is 2.61 bits per heavy atom. The fourth-order valence-electron chi connectivity index (χ4n) is 1.50. The Kier molecular flexibility index (Phi) is 5.08. The summed E-state index contributed by atoms with van der Waals surface area (Å²) in [6, 6.07) is 3.77. The van der Waals surface area contributed by atoms with E-state index in [1.807, 2.05) is 12.1 Å². The van der Waals surface area contributed by atoms with E-state index in [0.717, 1.165) is 16.4 Å². The van der Waals surface area contributed by atoms with Gasteiger partial charge in [0.05, 0.1) is 4.92 Å². The number of rotatable bonds is 5. The van der Waals surface area contributed by atoms with Gasteiger partial charge in [-0.05, 0) is 27.6 Å². The molecule has 1 aromatic heterocycles. The Bertz CT molecular complexity index is 445. The molecule has 6 nitrogen and oxygen atoms in total. The average Bonchev–Trinajstić information content (AvgIpc) is 2.28. The van der Waals surface area contributed by atoms with Gasteiger partial charge in [0.25, 0.3) is 6.20 Å². The number of hydrogen-bond donors (Lipinski definition) is 0. The van der Waals surface area contributed by atoms with Gasteiger partial charge in [-0.25, -0.2) is 4.98 Å². The summed E-state index contributed by atoms with van der Waals surface area (Å²) in [6.45, 7) is 0.554. The second-order valence-electron chi connectivity index (χ2n) is 4.01. The van der Waals surface area contributed by atoms with E-state index in [1.54, 1.807) is 37.1 Å². The molecule has 1 heterocycles. The number of halogens is 1. The third-order valence-electron chi connectivity index (χ3n) is 2.28. The minimum Gasteiger partial charge on any atom is -0.359 e. The van der Waals surface area contributed by atoms with Crippen molar-refractivity contribution in [2.75, 3.05) is 21.1 Å². The van der Waals surface area contributed by atoms with Gasteiger partial charge < -0.3 is 9.80 Å². The summed E-state index contributed by atoms with van der Waals surface area (Å²) in [5.41, 5.74) is 0.983. The van der Waals surface area contributed by atoms with Gasteiger partial charge in [-0.1, -0.05) is 6.07 Å². The Balaban J connectivity index is 2.82. The fourth-order valence-corrected chi connectivity index (χ4v) is 1.74. The lowest BCUT2D eigenvalue weighted by Crippen LogP contribution is -2.28. The van der Waals surface area contributed by atoms with Crippen LogP contribution in [0.25, 0.3) is 0 Å². The molecule has 0 saturated carbocycles. The fraction of sp³-hybridized carbons (Fsp3) is 0.364. The lowest BCUT2D eigenvalue weighted by molar-refractivity contribution is -0.405. The Hall–Kier alpha value is -1.63. The monoisotopic (exact) mass is 314 g/mol. The van der Waals surface area contributed by atoms with Crippen LogP contribution in [0.1, 0.15) is 5.56 Å². The normalized spacial score (nSPS) is 11.2. The van der Waals surface area contributed by atoms with Crippen molar-refractivity contribution < 1.29 is 4.92 Å². The van der Waals surface area contributed by atoms with E-state index in [1.165, 1.54) is 0 Å². The summed E-state index contributed by atoms with van der Waals surface area (Å²) in [5, 5.41) is 10.6. The topological polar surface area (TPSA) is 62.5 Å². The zero-order valence-electron chi connectivity index (χ0n) is 10.5. The van der Waals surface area contributed by atoms with Gasteiger partial charge >= 0.3 is 0 Å². The first kappa shape index (κ1) is 14.4. The molecule has 0 N–H and O–H groups in total. The molecule has 0 atom stereocenters. The van der Waals surface area contributed by atoms with Gasteiger partial charge in [0.15, 0.2) is 5.82 Å². The van der Waals surface area contributed by atoms with Crippen molar-refractivity contribution in [3.63, 3.8) is 0 Å². The van der Waals surface area contributed by atoms with E-state index in [4.69, 9.17) is 0 Å². The predicted molar refractivity (Wildman–Crippen MR) is 72.2 cm³/mol. The molecule has 0 amide bonds. The summed E-state index contributed by atoms with van der Waals surface area (Å²) in [6.07, 6.45) is 2.73. The van der Waals surface area contributed by atoms with Crippen LogP contribution in [0.3, 0.4) is 0 Å². The van der Waals surface area contributed by atoms with Crippen molar-refractivity contribution in [1.29, 1.82) is 0 Å². The van der Waals surface area contributed by atoms with Crippen LogP contribution in [-0.4, -0.2) is 40.9 Å². The molecule has 0 radical (unpaired) electrons. The van der Waals surface area contributed by atoms with Gasteiger partial charge in [0.1, 0.15) is 4.60 Å². The standard InChI is InChI=1S/C11H15BrN4O2/c1-14(2)11(8-16(17)18)15(3)7-9-4-5-10(12)13-6-9/h4-6,8H,7H2,1-3H3. The Morgan fingerprint density at radius 1 is 1.50 bits per heavy atom. The molecule has 7 heteroatoms. The van der Waals surface area contributed by atoms with Gasteiger partial charge in [-0.2, -0.15) is 0 Å². The van der Waals surface area contributed by atoms with Gasteiger partial charge in [-0.3, -0.25) is 10.1 Å². The third kappa shape index (κ3) is 4.33. The number of nitro groups is 1. The van der Waals surface area contributed by atoms with Crippen molar-refractivity contribution in [1.82, 2.24) is 14.8 Å². The lowest BCUT2D eigenvalue weighted by atomic mass is 10.3. The van der Waals surface area contributed by atoms with Crippen LogP contribution in [0.4, 0.5) is 0 Å². The van der Waals surface area contributed by atoms with E-state index in [2.05, 4.69) is 20.9 Å². The van der Waals surface area contributed by atoms with Crippen molar-refractivity contribution in [3.05, 3.63) is 50.6 Å². The maximum atomic E-state index is 10.6. The highest BCUT2D eigenvalue weighted by atomic mass is 79.9. The van der Waals surface area contributed by atoms with E-state index >= 15 is 0 Å². The summed E-state index contributed by atoms with van der Waals surface area (Å²) in [4.78, 5) is 17.7. The van der Waals surface area contributed by atoms with Crippen molar-refractivity contribution in [3.8, 4) is 0 Å². The lowest BCUT2D eigenvalue weighted by Gasteiger charge is -2.25. The largest absolute Gasteiger partial charge is 0.359 e. The predicted octanol–water partition coefficient (Wildman–Crippen LogP) is 1.91. The zero-order chi connectivity index (χ0) is 13.7. The van der Waals surface area contributed by atoms with Gasteiger partial charge in [-0.15, -0.1) is 0 Å². The summed E-state index contributed by atoms with van der Waals surface area (Å²) in [5.74, 6) is 0.530. The quantitative estimate of drug-likeness (QED) is 0.472. The molecule has 0 spiro atoms. The molecule has 1 aromatic rings. The van der Waals surface area contributed by atoms with Crippen molar-refractivity contribution in [2.45, 2.75) is 6.54 Å². The summed E-state index contributed by atoms with van der Waals surface area (Å²) in [7, 11) is 5.34. The molecule has 98 valence electrons. The number of hydrogen-bond acceptors (Lipinski definition) is 5. The first-order valence-corrected chi connectivity index (χ1v) is 6.03. The first-order valence-electron chi connectivity index (χ1n) is 5.24. The Labute approximate surface area is 114 Å². The average molecular weight is 315 g/mol. The third-order valence-corrected chi connectivity index (χ3v) is 2.75. The molecule has 0 aliphatic heterocycles. The molecule has 0 fully saturated rings.